The number of carbonyl (C=O) groups is 1. The molecule has 0 heterocycles. The van der Waals surface area contributed by atoms with Crippen LogP contribution in [0.1, 0.15) is 11.1 Å². The number of anilines is 1. The van der Waals surface area contributed by atoms with E-state index in [4.69, 9.17) is 5.11 Å². The zero-order valence-corrected chi connectivity index (χ0v) is 11.2. The molecular weight excluding hydrogens is 252 g/mol. The first-order valence-electron chi connectivity index (χ1n) is 6.52. The fourth-order valence-corrected chi connectivity index (χ4v) is 1.89. The number of amides is 1. The summed E-state index contributed by atoms with van der Waals surface area (Å²) in [6.07, 6.45) is 0. The highest BCUT2D eigenvalue weighted by atomic mass is 16.3. The lowest BCUT2D eigenvalue weighted by Crippen LogP contribution is -2.27. The summed E-state index contributed by atoms with van der Waals surface area (Å²) in [7, 11) is 0. The lowest BCUT2D eigenvalue weighted by molar-refractivity contribution is -0.115. The Labute approximate surface area is 118 Å². The zero-order valence-electron chi connectivity index (χ0n) is 11.2. The largest absolute Gasteiger partial charge is 0.392 e. The first kappa shape index (κ1) is 14.2. The van der Waals surface area contributed by atoms with Crippen molar-refractivity contribution in [1.29, 1.82) is 0 Å². The monoisotopic (exact) mass is 270 g/mol. The summed E-state index contributed by atoms with van der Waals surface area (Å²) in [5.41, 5.74) is 2.71. The Morgan fingerprint density at radius 3 is 2.50 bits per heavy atom. The number of benzene rings is 2. The Morgan fingerprint density at radius 1 is 1.00 bits per heavy atom. The summed E-state index contributed by atoms with van der Waals surface area (Å²) in [6.45, 7) is 0.872. The third-order valence-electron chi connectivity index (χ3n) is 2.85. The van der Waals surface area contributed by atoms with Crippen molar-refractivity contribution in [2.75, 3.05) is 11.9 Å². The van der Waals surface area contributed by atoms with Gasteiger partial charge in [-0.25, -0.2) is 0 Å². The molecule has 0 aliphatic carbocycles. The minimum absolute atomic E-state index is 0.0301. The maximum Gasteiger partial charge on any atom is 0.238 e. The number of carbonyl (C=O) groups excluding carboxylic acids is 1. The second-order valence-corrected chi connectivity index (χ2v) is 4.50. The number of aliphatic hydroxyl groups excluding tert-OH is 1. The molecule has 0 radical (unpaired) electrons. The first-order chi connectivity index (χ1) is 9.78. The summed E-state index contributed by atoms with van der Waals surface area (Å²) in [5.74, 6) is -0.0745. The Kier molecular flexibility index (Phi) is 5.29. The maximum absolute atomic E-state index is 11.7. The van der Waals surface area contributed by atoms with Gasteiger partial charge in [-0.05, 0) is 23.3 Å². The molecule has 104 valence electrons. The number of nitrogens with one attached hydrogen (secondary N) is 2. The van der Waals surface area contributed by atoms with Crippen LogP contribution in [0.25, 0.3) is 0 Å². The number of aliphatic hydroxyl groups is 1. The highest BCUT2D eigenvalue weighted by Crippen LogP contribution is 2.05. The third-order valence-corrected chi connectivity index (χ3v) is 2.85. The topological polar surface area (TPSA) is 61.4 Å². The van der Waals surface area contributed by atoms with Crippen molar-refractivity contribution in [3.05, 3.63) is 65.7 Å². The van der Waals surface area contributed by atoms with Crippen molar-refractivity contribution < 1.29 is 9.90 Å². The highest BCUT2D eigenvalue weighted by Gasteiger charge is 2.01. The molecule has 0 aliphatic rings. The molecule has 0 aromatic heterocycles. The fourth-order valence-electron chi connectivity index (χ4n) is 1.89. The molecule has 0 unspecified atom stereocenters. The van der Waals surface area contributed by atoms with Crippen molar-refractivity contribution in [3.63, 3.8) is 0 Å². The minimum Gasteiger partial charge on any atom is -0.392 e. The molecule has 1 amide bonds. The molecule has 20 heavy (non-hydrogen) atoms. The van der Waals surface area contributed by atoms with Gasteiger partial charge in [-0.1, -0.05) is 42.5 Å². The van der Waals surface area contributed by atoms with Gasteiger partial charge in [-0.2, -0.15) is 0 Å². The van der Waals surface area contributed by atoms with Crippen LogP contribution in [0.4, 0.5) is 5.69 Å². The van der Waals surface area contributed by atoms with Crippen molar-refractivity contribution in [2.24, 2.45) is 0 Å². The van der Waals surface area contributed by atoms with Crippen molar-refractivity contribution in [1.82, 2.24) is 5.32 Å². The second-order valence-electron chi connectivity index (χ2n) is 4.50. The summed E-state index contributed by atoms with van der Waals surface area (Å²) >= 11 is 0. The molecule has 3 N–H and O–H groups in total. The van der Waals surface area contributed by atoms with Gasteiger partial charge in [-0.15, -0.1) is 0 Å². The van der Waals surface area contributed by atoms with E-state index in [9.17, 15) is 4.79 Å². The van der Waals surface area contributed by atoms with Crippen LogP contribution in [-0.2, 0) is 17.9 Å². The molecule has 2 rings (SSSR count). The molecule has 0 aliphatic heterocycles. The number of para-hydroxylation sites is 1. The van der Waals surface area contributed by atoms with Crippen LogP contribution in [0, 0.1) is 0 Å². The Balaban J connectivity index is 1.76. The number of hydrogen-bond acceptors (Lipinski definition) is 3. The predicted molar refractivity (Wildman–Crippen MR) is 79.1 cm³/mol. The van der Waals surface area contributed by atoms with Crippen LogP contribution in [0.15, 0.2) is 54.6 Å². The molecule has 2 aromatic rings. The van der Waals surface area contributed by atoms with E-state index in [0.717, 1.165) is 16.8 Å². The second kappa shape index (κ2) is 7.43. The third kappa shape index (κ3) is 4.50. The van der Waals surface area contributed by atoms with Gasteiger partial charge in [0.1, 0.15) is 0 Å². The van der Waals surface area contributed by atoms with E-state index in [2.05, 4.69) is 10.6 Å². The van der Waals surface area contributed by atoms with Crippen LogP contribution >= 0.6 is 0 Å². The minimum atomic E-state index is -0.0745. The van der Waals surface area contributed by atoms with Gasteiger partial charge >= 0.3 is 0 Å². The van der Waals surface area contributed by atoms with Gasteiger partial charge in [0.05, 0.1) is 13.2 Å². The van der Waals surface area contributed by atoms with Gasteiger partial charge in [0, 0.05) is 12.2 Å². The average molecular weight is 270 g/mol. The molecule has 0 saturated heterocycles. The van der Waals surface area contributed by atoms with Crippen molar-refractivity contribution >= 4 is 11.6 Å². The van der Waals surface area contributed by atoms with E-state index in [1.165, 1.54) is 0 Å². The fraction of sp³-hybridized carbons (Fsp3) is 0.188. The van der Waals surface area contributed by atoms with E-state index < -0.39 is 0 Å². The number of hydrogen-bond donors (Lipinski definition) is 3. The lowest BCUT2D eigenvalue weighted by Gasteiger charge is -2.07. The molecule has 0 atom stereocenters. The smallest absolute Gasteiger partial charge is 0.238 e. The summed E-state index contributed by atoms with van der Waals surface area (Å²) in [4.78, 5) is 11.7. The van der Waals surface area contributed by atoms with Gasteiger partial charge in [0.25, 0.3) is 0 Å². The average Bonchev–Trinajstić information content (AvgIpc) is 2.48. The van der Waals surface area contributed by atoms with Crippen LogP contribution in [0.5, 0.6) is 0 Å². The van der Waals surface area contributed by atoms with E-state index in [-0.39, 0.29) is 19.1 Å². The van der Waals surface area contributed by atoms with Crippen molar-refractivity contribution in [3.8, 4) is 0 Å². The molecule has 0 spiro atoms. The van der Waals surface area contributed by atoms with Crippen LogP contribution in [-0.4, -0.2) is 17.6 Å². The normalized spacial score (nSPS) is 10.2. The predicted octanol–water partition coefficient (Wildman–Crippen LogP) is 1.91. The number of rotatable bonds is 6. The van der Waals surface area contributed by atoms with Gasteiger partial charge in [0.2, 0.25) is 5.91 Å². The summed E-state index contributed by atoms with van der Waals surface area (Å²) in [6, 6.07) is 17.0. The Hall–Kier alpha value is -2.17. The van der Waals surface area contributed by atoms with Crippen LogP contribution < -0.4 is 10.6 Å². The Bertz CT molecular complexity index is 555. The summed E-state index contributed by atoms with van der Waals surface area (Å²) in [5, 5.41) is 14.9. The van der Waals surface area contributed by atoms with E-state index in [0.29, 0.717) is 6.54 Å². The highest BCUT2D eigenvalue weighted by molar-refractivity contribution is 5.92. The van der Waals surface area contributed by atoms with Gasteiger partial charge in [0.15, 0.2) is 0 Å². The Morgan fingerprint density at radius 2 is 1.75 bits per heavy atom. The molecule has 0 bridgehead atoms. The molecule has 4 nitrogen and oxygen atoms in total. The first-order valence-corrected chi connectivity index (χ1v) is 6.52. The molecule has 0 saturated carbocycles. The standard InChI is InChI=1S/C16H18N2O2/c19-12-14-6-4-5-13(9-14)10-17-11-16(20)18-15-7-2-1-3-8-15/h1-9,17,19H,10-12H2,(H,18,20). The lowest BCUT2D eigenvalue weighted by atomic mass is 10.1. The molecule has 0 fully saturated rings. The SMILES string of the molecule is O=C(CNCc1cccc(CO)c1)Nc1ccccc1. The van der Waals surface area contributed by atoms with Gasteiger partial charge < -0.3 is 15.7 Å². The van der Waals surface area contributed by atoms with E-state index in [1.807, 2.05) is 54.6 Å². The van der Waals surface area contributed by atoms with Gasteiger partial charge in [-0.3, -0.25) is 4.79 Å². The van der Waals surface area contributed by atoms with Crippen LogP contribution in [0.3, 0.4) is 0 Å². The molecular formula is C16H18N2O2. The molecule has 2 aromatic carbocycles. The molecule has 4 heteroatoms. The van der Waals surface area contributed by atoms with E-state index >= 15 is 0 Å². The maximum atomic E-state index is 11.7. The summed E-state index contributed by atoms with van der Waals surface area (Å²) < 4.78 is 0. The zero-order chi connectivity index (χ0) is 14.2. The van der Waals surface area contributed by atoms with E-state index in [1.54, 1.807) is 0 Å². The van der Waals surface area contributed by atoms with Crippen LogP contribution in [0.2, 0.25) is 0 Å². The quantitative estimate of drug-likeness (QED) is 0.751. The van der Waals surface area contributed by atoms with Crippen molar-refractivity contribution in [2.45, 2.75) is 13.2 Å².